The number of aryl methyl sites for hydroxylation is 2. The van der Waals surface area contributed by atoms with Crippen molar-refractivity contribution >= 4 is 17.0 Å². The van der Waals surface area contributed by atoms with E-state index < -0.39 is 5.97 Å². The molecule has 0 saturated heterocycles. The molecule has 0 saturated carbocycles. The molecule has 3 aromatic heterocycles. The average molecular weight is 269 g/mol. The van der Waals surface area contributed by atoms with Gasteiger partial charge in [0.1, 0.15) is 12.0 Å². The zero-order chi connectivity index (χ0) is 14.3. The third-order valence-electron chi connectivity index (χ3n) is 2.96. The van der Waals surface area contributed by atoms with Gasteiger partial charge in [-0.3, -0.25) is 0 Å². The standard InChI is InChI=1S/C13H11N5O2/c1-7-3-10(13(19)20)11-8(2)17-18(12(11)16-7)9-4-14-6-15-5-9/h3-6H,1-2H3,(H,19,20). The first-order chi connectivity index (χ1) is 9.58. The van der Waals surface area contributed by atoms with Gasteiger partial charge in [-0.2, -0.15) is 5.10 Å². The third-order valence-corrected chi connectivity index (χ3v) is 2.96. The summed E-state index contributed by atoms with van der Waals surface area (Å²) in [6.07, 6.45) is 4.62. The molecule has 3 aromatic rings. The van der Waals surface area contributed by atoms with Crippen molar-refractivity contribution in [2.75, 3.05) is 0 Å². The molecular formula is C13H11N5O2. The normalized spacial score (nSPS) is 10.9. The van der Waals surface area contributed by atoms with E-state index in [1.54, 1.807) is 37.0 Å². The minimum atomic E-state index is -0.993. The summed E-state index contributed by atoms with van der Waals surface area (Å²) in [5.74, 6) is -0.993. The molecule has 0 radical (unpaired) electrons. The molecule has 20 heavy (non-hydrogen) atoms. The van der Waals surface area contributed by atoms with Crippen molar-refractivity contribution in [1.29, 1.82) is 0 Å². The number of aromatic carboxylic acids is 1. The second-order valence-electron chi connectivity index (χ2n) is 4.41. The van der Waals surface area contributed by atoms with Crippen molar-refractivity contribution in [2.24, 2.45) is 0 Å². The minimum absolute atomic E-state index is 0.202. The molecule has 3 rings (SSSR count). The van der Waals surface area contributed by atoms with Crippen molar-refractivity contribution < 1.29 is 9.90 Å². The lowest BCUT2D eigenvalue weighted by molar-refractivity contribution is 0.0698. The number of nitrogens with zero attached hydrogens (tertiary/aromatic N) is 5. The van der Waals surface area contributed by atoms with Gasteiger partial charge in [-0.1, -0.05) is 0 Å². The number of rotatable bonds is 2. The van der Waals surface area contributed by atoms with Crippen LogP contribution in [0.25, 0.3) is 16.7 Å². The summed E-state index contributed by atoms with van der Waals surface area (Å²) in [5, 5.41) is 14.2. The molecule has 0 aromatic carbocycles. The Labute approximate surface area is 113 Å². The minimum Gasteiger partial charge on any atom is -0.478 e. The van der Waals surface area contributed by atoms with Crippen LogP contribution in [-0.2, 0) is 0 Å². The summed E-state index contributed by atoms with van der Waals surface area (Å²) in [4.78, 5) is 23.7. The van der Waals surface area contributed by atoms with Gasteiger partial charge in [-0.15, -0.1) is 0 Å². The van der Waals surface area contributed by atoms with E-state index in [0.29, 0.717) is 28.1 Å². The Morgan fingerprint density at radius 3 is 2.60 bits per heavy atom. The van der Waals surface area contributed by atoms with Crippen LogP contribution in [0.3, 0.4) is 0 Å². The van der Waals surface area contributed by atoms with E-state index in [-0.39, 0.29) is 5.56 Å². The van der Waals surface area contributed by atoms with Crippen molar-refractivity contribution in [1.82, 2.24) is 24.7 Å². The summed E-state index contributed by atoms with van der Waals surface area (Å²) in [6, 6.07) is 1.55. The first-order valence-corrected chi connectivity index (χ1v) is 5.93. The lowest BCUT2D eigenvalue weighted by Crippen LogP contribution is -2.02. The fourth-order valence-corrected chi connectivity index (χ4v) is 2.16. The molecule has 0 aliphatic heterocycles. The van der Waals surface area contributed by atoms with Crippen molar-refractivity contribution in [3.63, 3.8) is 0 Å². The zero-order valence-electron chi connectivity index (χ0n) is 10.9. The first-order valence-electron chi connectivity index (χ1n) is 5.93. The molecule has 0 aliphatic carbocycles. The lowest BCUT2D eigenvalue weighted by Gasteiger charge is -2.03. The summed E-state index contributed by atoms with van der Waals surface area (Å²) >= 11 is 0. The van der Waals surface area contributed by atoms with E-state index >= 15 is 0 Å². The second-order valence-corrected chi connectivity index (χ2v) is 4.41. The quantitative estimate of drug-likeness (QED) is 0.758. The summed E-state index contributed by atoms with van der Waals surface area (Å²) in [7, 11) is 0. The number of pyridine rings is 1. The van der Waals surface area contributed by atoms with Gasteiger partial charge in [0, 0.05) is 5.69 Å². The van der Waals surface area contributed by atoms with Gasteiger partial charge >= 0.3 is 5.97 Å². The van der Waals surface area contributed by atoms with Crippen LogP contribution in [0.15, 0.2) is 24.8 Å². The highest BCUT2D eigenvalue weighted by Crippen LogP contribution is 2.24. The molecule has 0 fully saturated rings. The first kappa shape index (κ1) is 12.2. The fraction of sp³-hybridized carbons (Fsp3) is 0.154. The Balaban J connectivity index is 2.40. The van der Waals surface area contributed by atoms with Crippen LogP contribution in [0.2, 0.25) is 0 Å². The summed E-state index contributed by atoms with van der Waals surface area (Å²) in [5.41, 5.74) is 2.56. The van der Waals surface area contributed by atoms with Crippen molar-refractivity contribution in [2.45, 2.75) is 13.8 Å². The molecule has 0 bridgehead atoms. The Morgan fingerprint density at radius 2 is 1.95 bits per heavy atom. The van der Waals surface area contributed by atoms with E-state index in [2.05, 4.69) is 20.1 Å². The number of carbonyl (C=O) groups is 1. The highest BCUT2D eigenvalue weighted by molar-refractivity contribution is 6.03. The van der Waals surface area contributed by atoms with Gasteiger partial charge in [0.05, 0.1) is 29.0 Å². The molecule has 3 heterocycles. The topological polar surface area (TPSA) is 93.8 Å². The molecule has 7 heteroatoms. The number of aromatic nitrogens is 5. The van der Waals surface area contributed by atoms with Crippen LogP contribution in [0.5, 0.6) is 0 Å². The van der Waals surface area contributed by atoms with Crippen LogP contribution in [0, 0.1) is 13.8 Å². The Hall–Kier alpha value is -2.83. The van der Waals surface area contributed by atoms with Gasteiger partial charge < -0.3 is 5.11 Å². The van der Waals surface area contributed by atoms with Gasteiger partial charge in [-0.25, -0.2) is 24.4 Å². The molecule has 0 amide bonds. The highest BCUT2D eigenvalue weighted by Gasteiger charge is 2.18. The maximum Gasteiger partial charge on any atom is 0.336 e. The predicted octanol–water partition coefficient (Wildman–Crippen LogP) is 1.53. The maximum atomic E-state index is 11.4. The molecule has 0 atom stereocenters. The maximum absolute atomic E-state index is 11.4. The number of carboxylic acids is 1. The zero-order valence-corrected chi connectivity index (χ0v) is 10.9. The number of carboxylic acid groups (broad SMARTS) is 1. The average Bonchev–Trinajstić information content (AvgIpc) is 2.76. The Bertz CT molecular complexity index is 810. The second kappa shape index (κ2) is 4.37. The van der Waals surface area contributed by atoms with Crippen molar-refractivity contribution in [3.8, 4) is 5.69 Å². The largest absolute Gasteiger partial charge is 0.478 e. The lowest BCUT2D eigenvalue weighted by atomic mass is 10.1. The molecule has 100 valence electrons. The van der Waals surface area contributed by atoms with E-state index in [4.69, 9.17) is 0 Å². The predicted molar refractivity (Wildman–Crippen MR) is 70.9 cm³/mol. The molecule has 0 aliphatic rings. The van der Waals surface area contributed by atoms with Gasteiger partial charge in [0.25, 0.3) is 0 Å². The van der Waals surface area contributed by atoms with Gasteiger partial charge in [0.15, 0.2) is 5.65 Å². The third kappa shape index (κ3) is 1.80. The highest BCUT2D eigenvalue weighted by atomic mass is 16.4. The molecular weight excluding hydrogens is 258 g/mol. The van der Waals surface area contributed by atoms with Crippen LogP contribution < -0.4 is 0 Å². The molecule has 1 N–H and O–H groups in total. The van der Waals surface area contributed by atoms with E-state index in [0.717, 1.165) is 0 Å². The Kier molecular flexibility index (Phi) is 2.67. The number of hydrogen-bond donors (Lipinski definition) is 1. The monoisotopic (exact) mass is 269 g/mol. The van der Waals surface area contributed by atoms with E-state index in [9.17, 15) is 9.90 Å². The van der Waals surface area contributed by atoms with Crippen LogP contribution >= 0.6 is 0 Å². The number of fused-ring (bicyclic) bond motifs is 1. The van der Waals surface area contributed by atoms with Crippen LogP contribution in [0.4, 0.5) is 0 Å². The fourth-order valence-electron chi connectivity index (χ4n) is 2.16. The van der Waals surface area contributed by atoms with Gasteiger partial charge in [-0.05, 0) is 19.9 Å². The van der Waals surface area contributed by atoms with Gasteiger partial charge in [0.2, 0.25) is 0 Å². The van der Waals surface area contributed by atoms with Crippen LogP contribution in [-0.4, -0.2) is 35.8 Å². The summed E-state index contributed by atoms with van der Waals surface area (Å²) in [6.45, 7) is 3.51. The number of hydrogen-bond acceptors (Lipinski definition) is 5. The van der Waals surface area contributed by atoms with Crippen LogP contribution in [0.1, 0.15) is 21.7 Å². The molecule has 0 unspecified atom stereocenters. The Morgan fingerprint density at radius 1 is 1.25 bits per heavy atom. The molecule has 7 nitrogen and oxygen atoms in total. The summed E-state index contributed by atoms with van der Waals surface area (Å²) < 4.78 is 1.56. The van der Waals surface area contributed by atoms with Crippen molar-refractivity contribution in [3.05, 3.63) is 41.7 Å². The SMILES string of the molecule is Cc1cc(C(=O)O)c2c(C)nn(-c3cncnc3)c2n1. The smallest absolute Gasteiger partial charge is 0.336 e. The molecule has 0 spiro atoms. The van der Waals surface area contributed by atoms with E-state index in [1.165, 1.54) is 6.33 Å². The van der Waals surface area contributed by atoms with E-state index in [1.807, 2.05) is 0 Å².